The molecule has 1 saturated heterocycles. The Kier molecular flexibility index (Phi) is 5.66. The van der Waals surface area contributed by atoms with E-state index in [-0.39, 0.29) is 17.7 Å². The molecule has 0 spiro atoms. The highest BCUT2D eigenvalue weighted by molar-refractivity contribution is 5.94. The molecule has 158 valence electrons. The maximum atomic E-state index is 12.9. The number of likely N-dealkylation sites (tertiary alicyclic amines) is 1. The van der Waals surface area contributed by atoms with Crippen LogP contribution in [0, 0.1) is 26.7 Å². The minimum atomic E-state index is -0.149. The number of carbonyl (C=O) groups is 2. The number of hydrogen-bond acceptors (Lipinski definition) is 2. The first kappa shape index (κ1) is 20.3. The van der Waals surface area contributed by atoms with Crippen molar-refractivity contribution in [3.05, 3.63) is 58.5 Å². The van der Waals surface area contributed by atoms with Gasteiger partial charge in [-0.25, -0.2) is 0 Å². The van der Waals surface area contributed by atoms with Crippen LogP contribution in [0.5, 0.6) is 0 Å². The zero-order chi connectivity index (χ0) is 21.3. The molecule has 6 heteroatoms. The van der Waals surface area contributed by atoms with Crippen molar-refractivity contribution in [3.63, 3.8) is 0 Å². The largest absolute Gasteiger partial charge is 0.361 e. The fourth-order valence-electron chi connectivity index (χ4n) is 4.45. The summed E-state index contributed by atoms with van der Waals surface area (Å²) < 4.78 is 0. The van der Waals surface area contributed by atoms with Gasteiger partial charge >= 0.3 is 0 Å². The van der Waals surface area contributed by atoms with Crippen molar-refractivity contribution in [2.75, 3.05) is 19.6 Å². The molecule has 30 heavy (non-hydrogen) atoms. The number of hydrogen-bond donors (Lipinski definition) is 3. The lowest BCUT2D eigenvalue weighted by Crippen LogP contribution is -2.46. The van der Waals surface area contributed by atoms with Crippen molar-refractivity contribution in [1.82, 2.24) is 20.2 Å². The normalized spacial score (nSPS) is 16.8. The van der Waals surface area contributed by atoms with Crippen LogP contribution >= 0.6 is 0 Å². The molecule has 1 fully saturated rings. The number of aromatic amines is 2. The number of aromatic nitrogens is 2. The van der Waals surface area contributed by atoms with Crippen LogP contribution in [0.3, 0.4) is 0 Å². The van der Waals surface area contributed by atoms with Gasteiger partial charge in [0.25, 0.3) is 5.91 Å². The minimum Gasteiger partial charge on any atom is -0.361 e. The molecule has 1 aliphatic rings. The summed E-state index contributed by atoms with van der Waals surface area (Å²) in [6.07, 6.45) is 4.48. The van der Waals surface area contributed by atoms with Crippen LogP contribution in [-0.4, -0.2) is 46.3 Å². The Morgan fingerprint density at radius 1 is 1.20 bits per heavy atom. The summed E-state index contributed by atoms with van der Waals surface area (Å²) in [5, 5.41) is 4.30. The van der Waals surface area contributed by atoms with Crippen molar-refractivity contribution >= 4 is 22.7 Å². The Morgan fingerprint density at radius 2 is 2.03 bits per heavy atom. The molecule has 6 nitrogen and oxygen atoms in total. The number of aryl methyl sites for hydroxylation is 3. The standard InChI is InChI=1S/C24H30N4O2/c1-15-6-7-21-20(11-15)18(13-26-21)8-9-25-23(29)19-5-4-10-28(14-19)24(30)22-16(2)12-17(3)27-22/h6-7,11-13,19,26-27H,4-5,8-10,14H2,1-3H3,(H,25,29)/t19-/m1/s1. The number of benzene rings is 1. The van der Waals surface area contributed by atoms with Gasteiger partial charge in [-0.3, -0.25) is 9.59 Å². The topological polar surface area (TPSA) is 81.0 Å². The number of fused-ring (bicyclic) bond motifs is 1. The van der Waals surface area contributed by atoms with Gasteiger partial charge in [0.1, 0.15) is 5.69 Å². The van der Waals surface area contributed by atoms with E-state index < -0.39 is 0 Å². The van der Waals surface area contributed by atoms with E-state index in [1.165, 1.54) is 16.5 Å². The first-order chi connectivity index (χ1) is 14.4. The summed E-state index contributed by atoms with van der Waals surface area (Å²) in [6, 6.07) is 8.34. The number of piperidine rings is 1. The second kappa shape index (κ2) is 8.38. The second-order valence-corrected chi connectivity index (χ2v) is 8.50. The summed E-state index contributed by atoms with van der Waals surface area (Å²) >= 11 is 0. The predicted octanol–water partition coefficient (Wildman–Crippen LogP) is 3.63. The molecular formula is C24H30N4O2. The van der Waals surface area contributed by atoms with Crippen LogP contribution in [0.1, 0.15) is 45.7 Å². The SMILES string of the molecule is Cc1ccc2[nH]cc(CCNC(=O)[C@@H]3CCCN(C(=O)c4[nH]c(C)cc4C)C3)c2c1. The van der Waals surface area contributed by atoms with E-state index in [1.54, 1.807) is 0 Å². The first-order valence-corrected chi connectivity index (χ1v) is 10.7. The van der Waals surface area contributed by atoms with Gasteiger partial charge in [-0.2, -0.15) is 0 Å². The Balaban J connectivity index is 1.33. The molecule has 2 amide bonds. The van der Waals surface area contributed by atoms with Gasteiger partial charge in [0.15, 0.2) is 0 Å². The minimum absolute atomic E-state index is 0.00716. The fourth-order valence-corrected chi connectivity index (χ4v) is 4.45. The molecule has 2 aromatic heterocycles. The average molecular weight is 407 g/mol. The summed E-state index contributed by atoms with van der Waals surface area (Å²) in [5.74, 6) is -0.112. The van der Waals surface area contributed by atoms with Crippen LogP contribution in [0.4, 0.5) is 0 Å². The third-order valence-corrected chi connectivity index (χ3v) is 6.06. The van der Waals surface area contributed by atoms with Gasteiger partial charge in [-0.1, -0.05) is 11.6 Å². The quantitative estimate of drug-likeness (QED) is 0.605. The fraction of sp³-hybridized carbons (Fsp3) is 0.417. The van der Waals surface area contributed by atoms with Crippen LogP contribution in [0.2, 0.25) is 0 Å². The number of rotatable bonds is 5. The molecule has 0 bridgehead atoms. The van der Waals surface area contributed by atoms with Crippen LogP contribution in [-0.2, 0) is 11.2 Å². The predicted molar refractivity (Wildman–Crippen MR) is 119 cm³/mol. The van der Waals surface area contributed by atoms with Gasteiger partial charge in [0, 0.05) is 42.4 Å². The van der Waals surface area contributed by atoms with Gasteiger partial charge in [-0.05, 0) is 69.4 Å². The maximum Gasteiger partial charge on any atom is 0.270 e. The molecule has 3 N–H and O–H groups in total. The van der Waals surface area contributed by atoms with Crippen molar-refractivity contribution in [2.45, 2.75) is 40.0 Å². The number of nitrogens with one attached hydrogen (secondary N) is 3. The monoisotopic (exact) mass is 406 g/mol. The molecule has 1 atom stereocenters. The van der Waals surface area contributed by atoms with Crippen molar-refractivity contribution in [3.8, 4) is 0 Å². The van der Waals surface area contributed by atoms with E-state index in [4.69, 9.17) is 0 Å². The molecule has 3 heterocycles. The number of carbonyl (C=O) groups excluding carboxylic acids is 2. The zero-order valence-electron chi connectivity index (χ0n) is 18.0. The van der Waals surface area contributed by atoms with Crippen LogP contribution in [0.15, 0.2) is 30.5 Å². The third-order valence-electron chi connectivity index (χ3n) is 6.06. The van der Waals surface area contributed by atoms with E-state index >= 15 is 0 Å². The van der Waals surface area contributed by atoms with Gasteiger partial charge < -0.3 is 20.2 Å². The van der Waals surface area contributed by atoms with E-state index in [2.05, 4.69) is 40.4 Å². The van der Waals surface area contributed by atoms with Crippen LogP contribution in [0.25, 0.3) is 10.9 Å². The van der Waals surface area contributed by atoms with Crippen LogP contribution < -0.4 is 5.32 Å². The van der Waals surface area contributed by atoms with Crippen molar-refractivity contribution in [1.29, 1.82) is 0 Å². The highest BCUT2D eigenvalue weighted by atomic mass is 16.2. The molecule has 0 radical (unpaired) electrons. The summed E-state index contributed by atoms with van der Waals surface area (Å²) in [6.45, 7) is 7.76. The maximum absolute atomic E-state index is 12.9. The summed E-state index contributed by atoms with van der Waals surface area (Å²) in [5.41, 5.74) is 6.15. The Hall–Kier alpha value is -3.02. The Bertz CT molecular complexity index is 1080. The van der Waals surface area contributed by atoms with E-state index in [0.717, 1.165) is 36.0 Å². The lowest BCUT2D eigenvalue weighted by atomic mass is 9.96. The van der Waals surface area contributed by atoms with Crippen molar-refractivity contribution < 1.29 is 9.59 Å². The highest BCUT2D eigenvalue weighted by Crippen LogP contribution is 2.22. The Labute approximate surface area is 177 Å². The lowest BCUT2D eigenvalue weighted by Gasteiger charge is -2.32. The zero-order valence-corrected chi connectivity index (χ0v) is 18.0. The molecule has 0 saturated carbocycles. The van der Waals surface area contributed by atoms with Gasteiger partial charge in [-0.15, -0.1) is 0 Å². The molecular weight excluding hydrogens is 376 g/mol. The molecule has 3 aromatic rings. The van der Waals surface area contributed by atoms with E-state index in [0.29, 0.717) is 25.3 Å². The smallest absolute Gasteiger partial charge is 0.270 e. The molecule has 1 aliphatic heterocycles. The van der Waals surface area contributed by atoms with E-state index in [1.807, 2.05) is 31.0 Å². The molecule has 4 rings (SSSR count). The molecule has 0 aliphatic carbocycles. The first-order valence-electron chi connectivity index (χ1n) is 10.7. The van der Waals surface area contributed by atoms with E-state index in [9.17, 15) is 9.59 Å². The number of nitrogens with zero attached hydrogens (tertiary/aromatic N) is 1. The Morgan fingerprint density at radius 3 is 2.80 bits per heavy atom. The van der Waals surface area contributed by atoms with Gasteiger partial charge in [0.2, 0.25) is 5.91 Å². The average Bonchev–Trinajstić information content (AvgIpc) is 3.29. The van der Waals surface area contributed by atoms with Crippen molar-refractivity contribution in [2.24, 2.45) is 5.92 Å². The highest BCUT2D eigenvalue weighted by Gasteiger charge is 2.29. The molecule has 0 unspecified atom stereocenters. The third kappa shape index (κ3) is 4.13. The second-order valence-electron chi connectivity index (χ2n) is 8.50. The number of amides is 2. The summed E-state index contributed by atoms with van der Waals surface area (Å²) in [7, 11) is 0. The molecule has 1 aromatic carbocycles. The lowest BCUT2D eigenvalue weighted by molar-refractivity contribution is -0.126. The summed E-state index contributed by atoms with van der Waals surface area (Å²) in [4.78, 5) is 33.9. The number of H-pyrrole nitrogens is 2. The van der Waals surface area contributed by atoms with Gasteiger partial charge in [0.05, 0.1) is 5.92 Å².